The second kappa shape index (κ2) is 3.16. The summed E-state index contributed by atoms with van der Waals surface area (Å²) in [6.45, 7) is 1.78. The number of nitrogens with zero attached hydrogens (tertiary/aromatic N) is 1. The number of nitrogen functional groups attached to an aromatic ring is 1. The Morgan fingerprint density at radius 3 is 2.93 bits per heavy atom. The summed E-state index contributed by atoms with van der Waals surface area (Å²) in [6, 6.07) is 3.37. The maximum Gasteiger partial charge on any atom is 0.409 e. The highest BCUT2D eigenvalue weighted by molar-refractivity contribution is 5.83. The van der Waals surface area contributed by atoms with Gasteiger partial charge in [0, 0.05) is 5.56 Å². The minimum atomic E-state index is -0.846. The Hall–Kier alpha value is -2.24. The number of hydrogen-bond donors (Lipinski definition) is 3. The molecule has 1 aromatic carbocycles. The molecule has 0 bridgehead atoms. The Morgan fingerprint density at radius 1 is 1.53 bits per heavy atom. The van der Waals surface area contributed by atoms with Crippen molar-refractivity contribution >= 4 is 23.1 Å². The number of benzene rings is 1. The maximum atomic E-state index is 10.6. The Morgan fingerprint density at radius 2 is 2.27 bits per heavy atom. The summed E-state index contributed by atoms with van der Waals surface area (Å²) in [6.07, 6.45) is -0.846. The number of carbonyl (C=O) groups excluding carboxylic acids is 1. The largest absolute Gasteiger partial charge is 0.410 e. The molecule has 1 aromatic heterocycles. The second-order valence-electron chi connectivity index (χ2n) is 3.13. The fourth-order valence-corrected chi connectivity index (χ4v) is 1.43. The minimum absolute atomic E-state index is 0.323. The van der Waals surface area contributed by atoms with E-state index in [2.05, 4.69) is 9.97 Å². The van der Waals surface area contributed by atoms with E-state index < -0.39 is 6.09 Å². The molecular weight excluding hydrogens is 196 g/mol. The van der Waals surface area contributed by atoms with E-state index in [0.717, 1.165) is 11.1 Å². The average Bonchev–Trinajstić information content (AvgIpc) is 2.51. The molecule has 78 valence electrons. The van der Waals surface area contributed by atoms with Crippen LogP contribution >= 0.6 is 0 Å². The molecule has 6 nitrogen and oxygen atoms in total. The number of aryl methyl sites for hydroxylation is 1. The number of aromatic amines is 1. The monoisotopic (exact) mass is 206 g/mol. The molecule has 0 unspecified atom stereocenters. The van der Waals surface area contributed by atoms with Crippen LogP contribution in [0.1, 0.15) is 5.56 Å². The maximum absolute atomic E-state index is 10.6. The summed E-state index contributed by atoms with van der Waals surface area (Å²) in [7, 11) is 0. The fourth-order valence-electron chi connectivity index (χ4n) is 1.43. The van der Waals surface area contributed by atoms with E-state index in [0.29, 0.717) is 17.2 Å². The average molecular weight is 206 g/mol. The van der Waals surface area contributed by atoms with Crippen molar-refractivity contribution in [3.05, 3.63) is 17.7 Å². The highest BCUT2D eigenvalue weighted by Crippen LogP contribution is 2.26. The zero-order chi connectivity index (χ0) is 11.0. The third-order valence-electron chi connectivity index (χ3n) is 2.09. The van der Waals surface area contributed by atoms with Crippen LogP contribution in [0.4, 0.5) is 10.7 Å². The van der Waals surface area contributed by atoms with Gasteiger partial charge < -0.3 is 21.2 Å². The number of fused-ring (bicyclic) bond motifs is 1. The SMILES string of the molecule is Cc1c(OC(N)=O)ccc2[nH]c(N)nc12. The van der Waals surface area contributed by atoms with Crippen LogP contribution < -0.4 is 16.2 Å². The van der Waals surface area contributed by atoms with Crippen LogP contribution in [0.15, 0.2) is 12.1 Å². The molecule has 0 fully saturated rings. The topological polar surface area (TPSA) is 107 Å². The van der Waals surface area contributed by atoms with Gasteiger partial charge >= 0.3 is 6.09 Å². The number of amides is 1. The van der Waals surface area contributed by atoms with E-state index in [1.807, 2.05) is 0 Å². The van der Waals surface area contributed by atoms with Crippen LogP contribution in [-0.2, 0) is 0 Å². The van der Waals surface area contributed by atoms with Crippen molar-refractivity contribution in [1.82, 2.24) is 9.97 Å². The summed E-state index contributed by atoms with van der Waals surface area (Å²) >= 11 is 0. The smallest absolute Gasteiger partial charge is 0.409 e. The van der Waals surface area contributed by atoms with Crippen molar-refractivity contribution in [1.29, 1.82) is 0 Å². The molecule has 6 heteroatoms. The third kappa shape index (κ3) is 1.56. The summed E-state index contributed by atoms with van der Waals surface area (Å²) in [5, 5.41) is 0. The summed E-state index contributed by atoms with van der Waals surface area (Å²) in [4.78, 5) is 17.6. The van der Waals surface area contributed by atoms with Crippen LogP contribution in [0.2, 0.25) is 0 Å². The van der Waals surface area contributed by atoms with Crippen molar-refractivity contribution < 1.29 is 9.53 Å². The molecule has 0 saturated carbocycles. The molecular formula is C9H10N4O2. The number of nitrogens with one attached hydrogen (secondary N) is 1. The molecule has 1 heterocycles. The molecule has 0 spiro atoms. The molecule has 5 N–H and O–H groups in total. The second-order valence-corrected chi connectivity index (χ2v) is 3.13. The van der Waals surface area contributed by atoms with Gasteiger partial charge in [0.25, 0.3) is 0 Å². The first-order valence-corrected chi connectivity index (χ1v) is 4.30. The number of H-pyrrole nitrogens is 1. The lowest BCUT2D eigenvalue weighted by Gasteiger charge is -2.04. The molecule has 0 radical (unpaired) electrons. The number of aromatic nitrogens is 2. The van der Waals surface area contributed by atoms with Crippen LogP contribution in [0, 0.1) is 6.92 Å². The van der Waals surface area contributed by atoms with E-state index in [-0.39, 0.29) is 0 Å². The first-order valence-electron chi connectivity index (χ1n) is 4.30. The molecule has 0 aliphatic carbocycles. The van der Waals surface area contributed by atoms with Gasteiger partial charge in [-0.3, -0.25) is 0 Å². The normalized spacial score (nSPS) is 10.5. The first-order chi connectivity index (χ1) is 7.08. The van der Waals surface area contributed by atoms with Crippen LogP contribution in [-0.4, -0.2) is 16.1 Å². The lowest BCUT2D eigenvalue weighted by molar-refractivity contribution is 0.210. The summed E-state index contributed by atoms with van der Waals surface area (Å²) < 4.78 is 4.81. The van der Waals surface area contributed by atoms with Gasteiger partial charge in [-0.2, -0.15) is 0 Å². The van der Waals surface area contributed by atoms with Gasteiger partial charge in [0.1, 0.15) is 5.75 Å². The third-order valence-corrected chi connectivity index (χ3v) is 2.09. The fraction of sp³-hybridized carbons (Fsp3) is 0.111. The van der Waals surface area contributed by atoms with Gasteiger partial charge in [0.2, 0.25) is 0 Å². The molecule has 0 aliphatic heterocycles. The van der Waals surface area contributed by atoms with Crippen LogP contribution in [0.3, 0.4) is 0 Å². The highest BCUT2D eigenvalue weighted by Gasteiger charge is 2.09. The standard InChI is InChI=1S/C9H10N4O2/c1-4-6(15-9(11)14)3-2-5-7(4)13-8(10)12-5/h2-3H,1H3,(H2,11,14)(H3,10,12,13). The summed E-state index contributed by atoms with van der Waals surface area (Å²) in [5.74, 6) is 0.714. The molecule has 1 amide bonds. The van der Waals surface area contributed by atoms with Crippen molar-refractivity contribution in [2.45, 2.75) is 6.92 Å². The molecule has 2 aromatic rings. The van der Waals surface area contributed by atoms with E-state index in [1.165, 1.54) is 0 Å². The number of nitrogens with two attached hydrogens (primary N) is 2. The van der Waals surface area contributed by atoms with Crippen molar-refractivity contribution in [2.75, 3.05) is 5.73 Å². The zero-order valence-corrected chi connectivity index (χ0v) is 8.07. The number of primary amides is 1. The lowest BCUT2D eigenvalue weighted by atomic mass is 10.2. The summed E-state index contributed by atoms with van der Waals surface area (Å²) in [5.41, 5.74) is 12.6. The van der Waals surface area contributed by atoms with Gasteiger partial charge in [0.05, 0.1) is 11.0 Å². The predicted octanol–water partition coefficient (Wildman–Crippen LogP) is 0.911. The van der Waals surface area contributed by atoms with Crippen LogP contribution in [0.5, 0.6) is 5.75 Å². The molecule has 0 atom stereocenters. The Balaban J connectivity index is 2.58. The Bertz CT molecular complexity index is 532. The zero-order valence-electron chi connectivity index (χ0n) is 8.07. The number of rotatable bonds is 1. The lowest BCUT2D eigenvalue weighted by Crippen LogP contribution is -2.16. The van der Waals surface area contributed by atoms with Gasteiger partial charge in [-0.15, -0.1) is 0 Å². The van der Waals surface area contributed by atoms with Gasteiger partial charge in [-0.25, -0.2) is 9.78 Å². The molecule has 2 rings (SSSR count). The van der Waals surface area contributed by atoms with Crippen molar-refractivity contribution in [3.8, 4) is 5.75 Å². The van der Waals surface area contributed by atoms with E-state index in [1.54, 1.807) is 19.1 Å². The number of ether oxygens (including phenoxy) is 1. The Kier molecular flexibility index (Phi) is 1.96. The Labute approximate surface area is 85.2 Å². The first kappa shape index (κ1) is 9.32. The number of anilines is 1. The molecule has 0 aliphatic rings. The highest BCUT2D eigenvalue weighted by atomic mass is 16.5. The van der Waals surface area contributed by atoms with E-state index in [9.17, 15) is 4.79 Å². The van der Waals surface area contributed by atoms with Gasteiger partial charge in [-0.1, -0.05) is 0 Å². The number of hydrogen-bond acceptors (Lipinski definition) is 4. The van der Waals surface area contributed by atoms with Gasteiger partial charge in [-0.05, 0) is 19.1 Å². The van der Waals surface area contributed by atoms with Gasteiger partial charge in [0.15, 0.2) is 5.95 Å². The van der Waals surface area contributed by atoms with Crippen molar-refractivity contribution in [3.63, 3.8) is 0 Å². The number of imidazole rings is 1. The minimum Gasteiger partial charge on any atom is -0.410 e. The molecule has 0 saturated heterocycles. The van der Waals surface area contributed by atoms with Crippen molar-refractivity contribution in [2.24, 2.45) is 5.73 Å². The molecule has 15 heavy (non-hydrogen) atoms. The van der Waals surface area contributed by atoms with E-state index in [4.69, 9.17) is 16.2 Å². The predicted molar refractivity (Wildman–Crippen MR) is 55.5 cm³/mol. The number of carbonyl (C=O) groups is 1. The quantitative estimate of drug-likeness (QED) is 0.644. The van der Waals surface area contributed by atoms with Crippen LogP contribution in [0.25, 0.3) is 11.0 Å². The van der Waals surface area contributed by atoms with E-state index >= 15 is 0 Å².